The quantitative estimate of drug-likeness (QED) is 0.220. The van der Waals surface area contributed by atoms with Crippen molar-refractivity contribution in [1.29, 1.82) is 0 Å². The highest BCUT2D eigenvalue weighted by Gasteiger charge is 2.08. The monoisotopic (exact) mass is 418 g/mol. The Kier molecular flexibility index (Phi) is 5.82. The lowest BCUT2D eigenvalue weighted by molar-refractivity contribution is 1.38. The van der Waals surface area contributed by atoms with Crippen molar-refractivity contribution in [2.75, 3.05) is 0 Å². The van der Waals surface area contributed by atoms with Gasteiger partial charge in [-0.3, -0.25) is 0 Å². The number of hydrogen-bond donors (Lipinski definition) is 0. The summed E-state index contributed by atoms with van der Waals surface area (Å²) in [6.45, 7) is 17.5. The minimum atomic E-state index is 1.33. The molecule has 0 aliphatic carbocycles. The number of aryl methyl sites for hydroxylation is 8. The van der Waals surface area contributed by atoms with Gasteiger partial charge in [0, 0.05) is 0 Å². The molecule has 162 valence electrons. The van der Waals surface area contributed by atoms with Crippen LogP contribution in [0.2, 0.25) is 0 Å². The lowest BCUT2D eigenvalue weighted by atomic mass is 9.91. The smallest absolute Gasteiger partial charge is 0.0143 e. The molecule has 0 nitrogen and oxygen atoms in total. The zero-order valence-electron chi connectivity index (χ0n) is 20.8. The average Bonchev–Trinajstić information content (AvgIpc) is 2.73. The van der Waals surface area contributed by atoms with Crippen molar-refractivity contribution >= 4 is 32.3 Å². The molecular weight excluding hydrogens is 384 g/mol. The topological polar surface area (TPSA) is 0 Å². The molecule has 0 heterocycles. The van der Waals surface area contributed by atoms with Gasteiger partial charge >= 0.3 is 0 Å². The fourth-order valence-corrected chi connectivity index (χ4v) is 5.07. The van der Waals surface area contributed by atoms with Gasteiger partial charge in [0.05, 0.1) is 0 Å². The fraction of sp³-hybridized carbons (Fsp3) is 0.250. The predicted octanol–water partition coefficient (Wildman–Crippen LogP) is 9.30. The molecule has 0 unspecified atom stereocenters. The first-order valence-corrected chi connectivity index (χ1v) is 11.5. The Morgan fingerprint density at radius 3 is 1.03 bits per heavy atom. The first kappa shape index (κ1) is 22.1. The van der Waals surface area contributed by atoms with E-state index in [0.29, 0.717) is 0 Å². The van der Waals surface area contributed by atoms with Crippen LogP contribution in [0.3, 0.4) is 0 Å². The van der Waals surface area contributed by atoms with Crippen LogP contribution in [0.1, 0.15) is 44.5 Å². The van der Waals surface area contributed by atoms with Crippen LogP contribution in [0.15, 0.2) is 60.7 Å². The van der Waals surface area contributed by atoms with Gasteiger partial charge in [0.15, 0.2) is 0 Å². The second-order valence-electron chi connectivity index (χ2n) is 9.61. The highest BCUT2D eigenvalue weighted by molar-refractivity contribution is 6.05. The third-order valence-electron chi connectivity index (χ3n) is 6.74. The summed E-state index contributed by atoms with van der Waals surface area (Å²) in [6.07, 6.45) is 0. The summed E-state index contributed by atoms with van der Waals surface area (Å²) in [4.78, 5) is 0. The molecule has 0 amide bonds. The molecule has 0 atom stereocenters. The van der Waals surface area contributed by atoms with E-state index in [1.807, 2.05) is 0 Å². The van der Waals surface area contributed by atoms with Gasteiger partial charge in [-0.15, -0.1) is 0 Å². The third-order valence-corrected chi connectivity index (χ3v) is 6.74. The summed E-state index contributed by atoms with van der Waals surface area (Å²) < 4.78 is 0. The number of hydrogen-bond acceptors (Lipinski definition) is 0. The fourth-order valence-electron chi connectivity index (χ4n) is 5.07. The molecule has 5 aromatic carbocycles. The second kappa shape index (κ2) is 8.43. The Balaban J connectivity index is 0.000000158. The molecule has 0 aliphatic rings. The third kappa shape index (κ3) is 4.02. The van der Waals surface area contributed by atoms with E-state index in [0.717, 1.165) is 0 Å². The van der Waals surface area contributed by atoms with E-state index in [1.54, 1.807) is 0 Å². The summed E-state index contributed by atoms with van der Waals surface area (Å²) in [5.41, 5.74) is 10.9. The van der Waals surface area contributed by atoms with Crippen LogP contribution in [0, 0.1) is 55.4 Å². The summed E-state index contributed by atoms with van der Waals surface area (Å²) in [7, 11) is 0. The predicted molar refractivity (Wildman–Crippen MR) is 143 cm³/mol. The van der Waals surface area contributed by atoms with Gasteiger partial charge in [0.2, 0.25) is 0 Å². The van der Waals surface area contributed by atoms with Crippen LogP contribution < -0.4 is 0 Å². The molecule has 0 N–H and O–H groups in total. The molecule has 0 aliphatic heterocycles. The van der Waals surface area contributed by atoms with E-state index in [1.165, 1.54) is 76.8 Å². The Morgan fingerprint density at radius 2 is 0.656 bits per heavy atom. The van der Waals surface area contributed by atoms with Gasteiger partial charge in [0.1, 0.15) is 0 Å². The molecule has 5 aromatic rings. The van der Waals surface area contributed by atoms with Gasteiger partial charge in [-0.2, -0.15) is 0 Å². The zero-order chi connectivity index (χ0) is 23.2. The minimum absolute atomic E-state index is 1.33. The van der Waals surface area contributed by atoms with Crippen LogP contribution in [-0.2, 0) is 0 Å². The highest BCUT2D eigenvalue weighted by Crippen LogP contribution is 2.33. The molecule has 0 radical (unpaired) electrons. The van der Waals surface area contributed by atoms with Crippen molar-refractivity contribution in [2.45, 2.75) is 55.4 Å². The van der Waals surface area contributed by atoms with Crippen molar-refractivity contribution in [3.8, 4) is 0 Å². The van der Waals surface area contributed by atoms with Crippen LogP contribution in [0.5, 0.6) is 0 Å². The van der Waals surface area contributed by atoms with Crippen molar-refractivity contribution in [2.24, 2.45) is 0 Å². The summed E-state index contributed by atoms with van der Waals surface area (Å²) in [5, 5.41) is 8.35. The van der Waals surface area contributed by atoms with Gasteiger partial charge in [-0.1, -0.05) is 82.9 Å². The van der Waals surface area contributed by atoms with E-state index in [2.05, 4.69) is 116 Å². The number of fused-ring (bicyclic) bond motifs is 3. The first-order chi connectivity index (χ1) is 15.2. The van der Waals surface area contributed by atoms with Crippen molar-refractivity contribution in [3.63, 3.8) is 0 Å². The van der Waals surface area contributed by atoms with E-state index < -0.39 is 0 Å². The molecule has 0 bridgehead atoms. The van der Waals surface area contributed by atoms with Crippen molar-refractivity contribution in [1.82, 2.24) is 0 Å². The molecule has 32 heavy (non-hydrogen) atoms. The first-order valence-electron chi connectivity index (χ1n) is 11.5. The van der Waals surface area contributed by atoms with E-state index in [9.17, 15) is 0 Å². The van der Waals surface area contributed by atoms with E-state index in [4.69, 9.17) is 0 Å². The lowest BCUT2D eigenvalue weighted by Gasteiger charge is -2.13. The Labute approximate surface area is 192 Å². The summed E-state index contributed by atoms with van der Waals surface area (Å²) in [5.74, 6) is 0. The van der Waals surface area contributed by atoms with Gasteiger partial charge in [0.25, 0.3) is 0 Å². The lowest BCUT2D eigenvalue weighted by Crippen LogP contribution is -1.89. The van der Waals surface area contributed by atoms with Crippen molar-refractivity contribution in [3.05, 3.63) is 105 Å². The number of benzene rings is 5. The van der Waals surface area contributed by atoms with Gasteiger partial charge in [-0.25, -0.2) is 0 Å². The number of rotatable bonds is 0. The zero-order valence-corrected chi connectivity index (χ0v) is 20.8. The Bertz CT molecular complexity index is 1370. The second-order valence-corrected chi connectivity index (χ2v) is 9.61. The molecule has 5 rings (SSSR count). The maximum Gasteiger partial charge on any atom is -0.0143 e. The van der Waals surface area contributed by atoms with Crippen LogP contribution in [0.4, 0.5) is 0 Å². The molecular formula is C32H34. The molecule has 0 fully saturated rings. The van der Waals surface area contributed by atoms with Gasteiger partial charge in [-0.05, 0) is 110 Å². The maximum absolute atomic E-state index is 2.30. The highest BCUT2D eigenvalue weighted by atomic mass is 14.1. The summed E-state index contributed by atoms with van der Waals surface area (Å²) in [6, 6.07) is 22.6. The molecule has 0 spiro atoms. The normalized spacial score (nSPS) is 11.1. The molecule has 0 heteroatoms. The van der Waals surface area contributed by atoms with Crippen LogP contribution >= 0.6 is 0 Å². The molecule has 0 aromatic heterocycles. The SMILES string of the molecule is Cc1cc(C)c2cc(C)cc(C)c2c1.Cc1ccc2c(C)c3cc(C)ccc3c(C)c2c1. The summed E-state index contributed by atoms with van der Waals surface area (Å²) >= 11 is 0. The van der Waals surface area contributed by atoms with Crippen molar-refractivity contribution < 1.29 is 0 Å². The van der Waals surface area contributed by atoms with Gasteiger partial charge < -0.3 is 0 Å². The largest absolute Gasteiger partial charge is 0.0587 e. The molecule has 0 saturated heterocycles. The average molecular weight is 419 g/mol. The van der Waals surface area contributed by atoms with E-state index >= 15 is 0 Å². The standard InChI is InChI=1S/C18H18.C14H16/c1-11-5-7-15-14(4)18-10-12(2)6-8-16(18)13(3)17(15)9-11;1-9-5-11(3)14-8-10(2)6-12(4)13(14)7-9/h5-10H,1-4H3;5-8H,1-4H3. The van der Waals surface area contributed by atoms with Crippen LogP contribution in [0.25, 0.3) is 32.3 Å². The van der Waals surface area contributed by atoms with Crippen LogP contribution in [-0.4, -0.2) is 0 Å². The maximum atomic E-state index is 2.30. The Morgan fingerprint density at radius 1 is 0.312 bits per heavy atom. The van der Waals surface area contributed by atoms with E-state index in [-0.39, 0.29) is 0 Å². The Hall–Kier alpha value is -3.12. The minimum Gasteiger partial charge on any atom is -0.0587 e. The molecule has 0 saturated carbocycles.